The van der Waals surface area contributed by atoms with Crippen molar-refractivity contribution < 1.29 is 9.59 Å². The van der Waals surface area contributed by atoms with E-state index in [1.165, 1.54) is 0 Å². The first kappa shape index (κ1) is 10.7. The number of Topliss-reactive ketones (excluding diaryl/α,β-unsaturated/α-hetero) is 1. The predicted molar refractivity (Wildman–Crippen MR) is 61.0 cm³/mol. The molecule has 4 nitrogen and oxygen atoms in total. The Morgan fingerprint density at radius 3 is 3.00 bits per heavy atom. The number of carbonyl (C=O) groups excluding carboxylic acids is 2. The summed E-state index contributed by atoms with van der Waals surface area (Å²) >= 11 is 0. The van der Waals surface area contributed by atoms with Crippen LogP contribution < -0.4 is 5.32 Å². The van der Waals surface area contributed by atoms with Crippen LogP contribution in [0, 0.1) is 0 Å². The van der Waals surface area contributed by atoms with E-state index in [1.807, 2.05) is 17.6 Å². The summed E-state index contributed by atoms with van der Waals surface area (Å²) in [5, 5.41) is 3.20. The van der Waals surface area contributed by atoms with E-state index < -0.39 is 0 Å². The van der Waals surface area contributed by atoms with Crippen LogP contribution in [0.1, 0.15) is 35.5 Å². The van der Waals surface area contributed by atoms with Gasteiger partial charge in [-0.3, -0.25) is 4.79 Å². The van der Waals surface area contributed by atoms with Crippen molar-refractivity contribution in [3.05, 3.63) is 28.7 Å². The van der Waals surface area contributed by atoms with E-state index in [2.05, 4.69) is 5.32 Å². The van der Waals surface area contributed by atoms with Gasteiger partial charge in [-0.15, -0.1) is 0 Å². The molecule has 0 radical (unpaired) electrons. The van der Waals surface area contributed by atoms with Gasteiger partial charge >= 0.3 is 0 Å². The van der Waals surface area contributed by atoms with Crippen molar-refractivity contribution >= 4 is 18.1 Å². The quantitative estimate of drug-likeness (QED) is 0.615. The third-order valence-electron chi connectivity index (χ3n) is 2.78. The molecule has 1 aliphatic heterocycles. The number of allylic oxidation sites excluding steroid dienone is 1. The minimum atomic E-state index is 0.0341. The van der Waals surface area contributed by atoms with Crippen molar-refractivity contribution in [1.29, 1.82) is 0 Å². The molecule has 0 bridgehead atoms. The Kier molecular flexibility index (Phi) is 2.64. The summed E-state index contributed by atoms with van der Waals surface area (Å²) in [6.07, 6.45) is 4.56. The molecule has 0 fully saturated rings. The number of hydrogen-bond donors (Lipinski definition) is 1. The van der Waals surface area contributed by atoms with E-state index >= 15 is 0 Å². The first-order valence-corrected chi connectivity index (χ1v) is 5.22. The molecule has 2 heterocycles. The Bertz CT molecular complexity index is 483. The van der Waals surface area contributed by atoms with Crippen molar-refractivity contribution in [1.82, 2.24) is 9.88 Å². The molecule has 0 aliphatic carbocycles. The monoisotopic (exact) mass is 218 g/mol. The topological polar surface area (TPSA) is 51.1 Å². The number of aldehydes is 1. The van der Waals surface area contributed by atoms with Gasteiger partial charge in [-0.05, 0) is 19.9 Å². The molecule has 16 heavy (non-hydrogen) atoms. The Morgan fingerprint density at radius 1 is 1.62 bits per heavy atom. The van der Waals surface area contributed by atoms with Crippen molar-refractivity contribution in [2.45, 2.75) is 26.9 Å². The number of hydrogen-bond acceptors (Lipinski definition) is 3. The zero-order valence-electron chi connectivity index (χ0n) is 9.41. The second-order valence-corrected chi connectivity index (χ2v) is 3.96. The van der Waals surface area contributed by atoms with Gasteiger partial charge in [0.1, 0.15) is 6.29 Å². The number of fused-ring (bicyclic) bond motifs is 1. The van der Waals surface area contributed by atoms with Crippen LogP contribution >= 0.6 is 0 Å². The van der Waals surface area contributed by atoms with Crippen LogP contribution in [0.5, 0.6) is 0 Å². The minimum Gasteiger partial charge on any atom is -0.383 e. The standard InChI is InChI=1S/C12H14N2O2/c1-8-5-10-11(9(2)16)7-14(3-4-15)12(10)6-13-8/h4-5,7,13H,3,6H2,1-2H3. The maximum atomic E-state index is 11.5. The van der Waals surface area contributed by atoms with E-state index in [0.29, 0.717) is 18.7 Å². The maximum absolute atomic E-state index is 11.5. The lowest BCUT2D eigenvalue weighted by Crippen LogP contribution is -2.18. The SMILES string of the molecule is CC(=O)c1cn(CC=O)c2c1C=C(C)NC2. The molecule has 4 heteroatoms. The molecule has 0 saturated heterocycles. The highest BCUT2D eigenvalue weighted by Gasteiger charge is 2.19. The summed E-state index contributed by atoms with van der Waals surface area (Å²) in [6, 6.07) is 0. The van der Waals surface area contributed by atoms with E-state index in [-0.39, 0.29) is 5.78 Å². The summed E-state index contributed by atoms with van der Waals surface area (Å²) in [4.78, 5) is 22.1. The Hall–Kier alpha value is -1.84. The molecule has 0 saturated carbocycles. The number of rotatable bonds is 3. The first-order valence-electron chi connectivity index (χ1n) is 5.22. The van der Waals surface area contributed by atoms with Crippen molar-refractivity contribution in [3.63, 3.8) is 0 Å². The molecule has 84 valence electrons. The fraction of sp³-hybridized carbons (Fsp3) is 0.333. The third kappa shape index (κ3) is 1.66. The molecular weight excluding hydrogens is 204 g/mol. The summed E-state index contributed by atoms with van der Waals surface area (Å²) in [5.41, 5.74) is 3.69. The van der Waals surface area contributed by atoms with Gasteiger partial charge in [0.05, 0.1) is 13.1 Å². The Balaban J connectivity index is 2.58. The number of nitrogens with one attached hydrogen (secondary N) is 1. The zero-order valence-corrected chi connectivity index (χ0v) is 9.41. The fourth-order valence-electron chi connectivity index (χ4n) is 1.99. The molecule has 1 aromatic heterocycles. The smallest absolute Gasteiger partial charge is 0.161 e. The second kappa shape index (κ2) is 3.96. The summed E-state index contributed by atoms with van der Waals surface area (Å²) < 4.78 is 1.83. The van der Waals surface area contributed by atoms with E-state index in [0.717, 1.165) is 23.2 Å². The van der Waals surface area contributed by atoms with Crippen LogP contribution in [-0.2, 0) is 17.9 Å². The molecule has 0 unspecified atom stereocenters. The molecule has 2 rings (SSSR count). The average Bonchev–Trinajstić information content (AvgIpc) is 2.57. The molecule has 0 atom stereocenters. The normalized spacial score (nSPS) is 13.8. The minimum absolute atomic E-state index is 0.0341. The van der Waals surface area contributed by atoms with E-state index in [4.69, 9.17) is 0 Å². The second-order valence-electron chi connectivity index (χ2n) is 3.96. The fourth-order valence-corrected chi connectivity index (χ4v) is 1.99. The van der Waals surface area contributed by atoms with Gasteiger partial charge in [0.15, 0.2) is 5.78 Å². The van der Waals surface area contributed by atoms with Crippen LogP contribution in [0.15, 0.2) is 11.9 Å². The lowest BCUT2D eigenvalue weighted by atomic mass is 10.0. The van der Waals surface area contributed by atoms with E-state index in [9.17, 15) is 9.59 Å². The lowest BCUT2D eigenvalue weighted by Gasteiger charge is -2.15. The summed E-state index contributed by atoms with van der Waals surface area (Å²) in [7, 11) is 0. The van der Waals surface area contributed by atoms with Gasteiger partial charge in [-0.25, -0.2) is 0 Å². The van der Waals surface area contributed by atoms with Crippen LogP contribution in [0.25, 0.3) is 6.08 Å². The summed E-state index contributed by atoms with van der Waals surface area (Å²) in [6.45, 7) is 4.47. The molecule has 0 aromatic carbocycles. The molecule has 1 aromatic rings. The zero-order chi connectivity index (χ0) is 11.7. The number of ketones is 1. The highest BCUT2D eigenvalue weighted by molar-refractivity contribution is 5.98. The van der Waals surface area contributed by atoms with Gasteiger partial charge in [0, 0.05) is 28.7 Å². The molecular formula is C12H14N2O2. The Labute approximate surface area is 93.9 Å². The van der Waals surface area contributed by atoms with E-state index in [1.54, 1.807) is 13.1 Å². The van der Waals surface area contributed by atoms with Crippen LogP contribution in [-0.4, -0.2) is 16.6 Å². The maximum Gasteiger partial charge on any atom is 0.161 e. The predicted octanol–water partition coefficient (Wildman–Crippen LogP) is 1.35. The van der Waals surface area contributed by atoms with Gasteiger partial charge in [0.25, 0.3) is 0 Å². The third-order valence-corrected chi connectivity index (χ3v) is 2.78. The first-order chi connectivity index (χ1) is 7.63. The van der Waals surface area contributed by atoms with Crippen LogP contribution in [0.2, 0.25) is 0 Å². The number of aromatic nitrogens is 1. The molecule has 1 N–H and O–H groups in total. The number of nitrogens with zero attached hydrogens (tertiary/aromatic N) is 1. The number of carbonyl (C=O) groups is 2. The highest BCUT2D eigenvalue weighted by atomic mass is 16.1. The molecule has 0 spiro atoms. The van der Waals surface area contributed by atoms with Crippen molar-refractivity contribution in [2.75, 3.05) is 0 Å². The van der Waals surface area contributed by atoms with Crippen LogP contribution in [0.3, 0.4) is 0 Å². The lowest BCUT2D eigenvalue weighted by molar-refractivity contribution is -0.108. The van der Waals surface area contributed by atoms with Gasteiger partial charge in [-0.1, -0.05) is 0 Å². The highest BCUT2D eigenvalue weighted by Crippen LogP contribution is 2.24. The van der Waals surface area contributed by atoms with Crippen molar-refractivity contribution in [2.24, 2.45) is 0 Å². The summed E-state index contributed by atoms with van der Waals surface area (Å²) in [5.74, 6) is 0.0341. The largest absolute Gasteiger partial charge is 0.383 e. The van der Waals surface area contributed by atoms with Crippen molar-refractivity contribution in [3.8, 4) is 0 Å². The molecule has 1 aliphatic rings. The average molecular weight is 218 g/mol. The van der Waals surface area contributed by atoms with Gasteiger partial charge in [-0.2, -0.15) is 0 Å². The van der Waals surface area contributed by atoms with Gasteiger partial charge < -0.3 is 14.7 Å². The van der Waals surface area contributed by atoms with Gasteiger partial charge in [0.2, 0.25) is 0 Å². The molecule has 0 amide bonds. The Morgan fingerprint density at radius 2 is 2.38 bits per heavy atom. The van der Waals surface area contributed by atoms with Crippen LogP contribution in [0.4, 0.5) is 0 Å².